The second kappa shape index (κ2) is 8.23. The molecule has 0 aromatic rings. The molecule has 0 rings (SSSR count). The molecule has 0 saturated heterocycles. The van der Waals surface area contributed by atoms with Crippen molar-refractivity contribution in [3.8, 4) is 0 Å². The van der Waals surface area contributed by atoms with Crippen molar-refractivity contribution in [2.24, 2.45) is 0 Å². The minimum atomic E-state index is -0.0346. The average molecular weight is 272 g/mol. The summed E-state index contributed by atoms with van der Waals surface area (Å²) in [6, 6.07) is 0.502. The zero-order valence-electron chi connectivity index (χ0n) is 14.5. The first-order valence-electron chi connectivity index (χ1n) is 7.69. The van der Waals surface area contributed by atoms with Gasteiger partial charge >= 0.3 is 0 Å². The van der Waals surface area contributed by atoms with E-state index in [0.717, 1.165) is 25.8 Å². The number of rotatable bonds is 10. The maximum Gasteiger partial charge on any atom is 0.0623 e. The standard InChI is InChI=1S/C16H36N2O/c1-9-13-17-14(11-12-15(3,4)19-8)16(5,10-2)18(6)7/h14,17H,9-13H2,1-8H3. The first-order chi connectivity index (χ1) is 8.73. The molecule has 0 bridgehead atoms. The highest BCUT2D eigenvalue weighted by atomic mass is 16.5. The van der Waals surface area contributed by atoms with Crippen molar-refractivity contribution in [2.75, 3.05) is 27.7 Å². The Balaban J connectivity index is 4.79. The van der Waals surface area contributed by atoms with Crippen LogP contribution in [0.15, 0.2) is 0 Å². The molecule has 0 aliphatic rings. The Kier molecular flexibility index (Phi) is 8.18. The quantitative estimate of drug-likeness (QED) is 0.660. The van der Waals surface area contributed by atoms with E-state index in [-0.39, 0.29) is 11.1 Å². The third-order valence-electron chi connectivity index (χ3n) is 4.72. The summed E-state index contributed by atoms with van der Waals surface area (Å²) in [6.45, 7) is 12.3. The molecule has 0 amide bonds. The van der Waals surface area contributed by atoms with Crippen LogP contribution in [0.3, 0.4) is 0 Å². The average Bonchev–Trinajstić information content (AvgIpc) is 2.37. The molecule has 0 heterocycles. The summed E-state index contributed by atoms with van der Waals surface area (Å²) in [5, 5.41) is 3.74. The molecule has 0 radical (unpaired) electrons. The van der Waals surface area contributed by atoms with Crippen LogP contribution in [-0.4, -0.2) is 49.8 Å². The zero-order chi connectivity index (χ0) is 15.1. The molecule has 0 aliphatic carbocycles. The van der Waals surface area contributed by atoms with Crippen molar-refractivity contribution in [3.63, 3.8) is 0 Å². The highest BCUT2D eigenvalue weighted by molar-refractivity contribution is 4.95. The van der Waals surface area contributed by atoms with Crippen LogP contribution < -0.4 is 5.32 Å². The van der Waals surface area contributed by atoms with Gasteiger partial charge < -0.3 is 15.0 Å². The lowest BCUT2D eigenvalue weighted by atomic mass is 9.83. The van der Waals surface area contributed by atoms with E-state index >= 15 is 0 Å². The second-order valence-corrected chi connectivity index (χ2v) is 6.61. The molecule has 0 aliphatic heterocycles. The van der Waals surface area contributed by atoms with Crippen molar-refractivity contribution in [3.05, 3.63) is 0 Å². The van der Waals surface area contributed by atoms with Crippen molar-refractivity contribution < 1.29 is 4.74 Å². The molecule has 19 heavy (non-hydrogen) atoms. The summed E-state index contributed by atoms with van der Waals surface area (Å²) in [4.78, 5) is 2.36. The van der Waals surface area contributed by atoms with Gasteiger partial charge in [0.05, 0.1) is 5.60 Å². The van der Waals surface area contributed by atoms with E-state index in [1.165, 1.54) is 6.42 Å². The Morgan fingerprint density at radius 2 is 1.74 bits per heavy atom. The molecular weight excluding hydrogens is 236 g/mol. The van der Waals surface area contributed by atoms with Gasteiger partial charge in [0, 0.05) is 18.7 Å². The van der Waals surface area contributed by atoms with Gasteiger partial charge in [-0.1, -0.05) is 13.8 Å². The Labute approximate surface area is 121 Å². The number of likely N-dealkylation sites (N-methyl/N-ethyl adjacent to an activating group) is 1. The molecule has 2 atom stereocenters. The molecule has 0 aromatic heterocycles. The molecule has 1 N–H and O–H groups in total. The van der Waals surface area contributed by atoms with E-state index < -0.39 is 0 Å². The van der Waals surface area contributed by atoms with Crippen LogP contribution in [0.5, 0.6) is 0 Å². The Hall–Kier alpha value is -0.120. The van der Waals surface area contributed by atoms with Gasteiger partial charge in [-0.3, -0.25) is 0 Å². The topological polar surface area (TPSA) is 24.5 Å². The number of nitrogens with zero attached hydrogens (tertiary/aromatic N) is 1. The third kappa shape index (κ3) is 5.80. The van der Waals surface area contributed by atoms with E-state index in [1.807, 2.05) is 0 Å². The largest absolute Gasteiger partial charge is 0.379 e. The van der Waals surface area contributed by atoms with Gasteiger partial charge in [0.25, 0.3) is 0 Å². The molecule has 2 unspecified atom stereocenters. The third-order valence-corrected chi connectivity index (χ3v) is 4.72. The summed E-state index contributed by atoms with van der Waals surface area (Å²) >= 11 is 0. The molecule has 0 fully saturated rings. The second-order valence-electron chi connectivity index (χ2n) is 6.61. The summed E-state index contributed by atoms with van der Waals surface area (Å²) < 4.78 is 5.56. The lowest BCUT2D eigenvalue weighted by Crippen LogP contribution is -2.57. The summed E-state index contributed by atoms with van der Waals surface area (Å²) in [5.74, 6) is 0. The summed E-state index contributed by atoms with van der Waals surface area (Å²) in [7, 11) is 6.18. The van der Waals surface area contributed by atoms with Gasteiger partial charge in [-0.05, 0) is 67.1 Å². The molecule has 3 nitrogen and oxygen atoms in total. The summed E-state index contributed by atoms with van der Waals surface area (Å²) in [6.07, 6.45) is 4.55. The first kappa shape index (κ1) is 18.9. The van der Waals surface area contributed by atoms with E-state index in [4.69, 9.17) is 4.74 Å². The van der Waals surface area contributed by atoms with Gasteiger partial charge in [0.1, 0.15) is 0 Å². The highest BCUT2D eigenvalue weighted by Gasteiger charge is 2.35. The molecule has 116 valence electrons. The SMILES string of the molecule is CCCNC(CCC(C)(C)OC)C(C)(CC)N(C)C. The fourth-order valence-electron chi connectivity index (χ4n) is 2.42. The highest BCUT2D eigenvalue weighted by Crippen LogP contribution is 2.27. The Morgan fingerprint density at radius 3 is 2.11 bits per heavy atom. The van der Waals surface area contributed by atoms with E-state index in [0.29, 0.717) is 6.04 Å². The van der Waals surface area contributed by atoms with Gasteiger partial charge in [-0.25, -0.2) is 0 Å². The van der Waals surface area contributed by atoms with Crippen LogP contribution in [0.25, 0.3) is 0 Å². The van der Waals surface area contributed by atoms with Crippen molar-refractivity contribution in [1.82, 2.24) is 10.2 Å². The fraction of sp³-hybridized carbons (Fsp3) is 1.00. The molecule has 0 aromatic carbocycles. The number of nitrogens with one attached hydrogen (secondary N) is 1. The number of methoxy groups -OCH3 is 1. The minimum absolute atomic E-state index is 0.0346. The van der Waals surface area contributed by atoms with Crippen LogP contribution in [0, 0.1) is 0 Å². The monoisotopic (exact) mass is 272 g/mol. The van der Waals surface area contributed by atoms with Crippen LogP contribution >= 0.6 is 0 Å². The van der Waals surface area contributed by atoms with Gasteiger partial charge in [0.15, 0.2) is 0 Å². The van der Waals surface area contributed by atoms with Crippen LogP contribution in [0.2, 0.25) is 0 Å². The van der Waals surface area contributed by atoms with Gasteiger partial charge in [-0.2, -0.15) is 0 Å². The van der Waals surface area contributed by atoms with Crippen LogP contribution in [0.1, 0.15) is 60.3 Å². The van der Waals surface area contributed by atoms with Crippen LogP contribution in [0.4, 0.5) is 0 Å². The minimum Gasteiger partial charge on any atom is -0.379 e. The molecule has 3 heteroatoms. The normalized spacial score (nSPS) is 17.5. The van der Waals surface area contributed by atoms with Gasteiger partial charge in [-0.15, -0.1) is 0 Å². The lowest BCUT2D eigenvalue weighted by Gasteiger charge is -2.44. The molecule has 0 saturated carbocycles. The zero-order valence-corrected chi connectivity index (χ0v) is 14.5. The Morgan fingerprint density at radius 1 is 1.16 bits per heavy atom. The van der Waals surface area contributed by atoms with Crippen molar-refractivity contribution in [2.45, 2.75) is 77.5 Å². The number of ether oxygens (including phenoxy) is 1. The molecule has 0 spiro atoms. The fourth-order valence-corrected chi connectivity index (χ4v) is 2.42. The summed E-state index contributed by atoms with van der Waals surface area (Å²) in [5.41, 5.74) is 0.159. The van der Waals surface area contributed by atoms with Gasteiger partial charge in [0.2, 0.25) is 0 Å². The van der Waals surface area contributed by atoms with E-state index in [1.54, 1.807) is 7.11 Å². The smallest absolute Gasteiger partial charge is 0.0623 e. The maximum absolute atomic E-state index is 5.56. The lowest BCUT2D eigenvalue weighted by molar-refractivity contribution is 0.00449. The Bertz CT molecular complexity index is 241. The van der Waals surface area contributed by atoms with E-state index in [2.05, 4.69) is 58.9 Å². The van der Waals surface area contributed by atoms with Crippen LogP contribution in [-0.2, 0) is 4.74 Å². The predicted octanol–water partition coefficient (Wildman–Crippen LogP) is 3.29. The van der Waals surface area contributed by atoms with Crippen molar-refractivity contribution >= 4 is 0 Å². The predicted molar refractivity (Wildman–Crippen MR) is 84.8 cm³/mol. The molecular formula is C16H36N2O. The number of hydrogen-bond acceptors (Lipinski definition) is 3. The maximum atomic E-state index is 5.56. The van der Waals surface area contributed by atoms with Crippen molar-refractivity contribution in [1.29, 1.82) is 0 Å². The first-order valence-corrected chi connectivity index (χ1v) is 7.69. The number of hydrogen-bond donors (Lipinski definition) is 1. The van der Waals surface area contributed by atoms with E-state index in [9.17, 15) is 0 Å².